The SMILES string of the molecule is O=C(O)N1CCC(n2cc(Br)ccc2=O)CC1. The predicted molar refractivity (Wildman–Crippen MR) is 66.3 cm³/mol. The van der Waals surface area contributed by atoms with Crippen molar-refractivity contribution in [1.29, 1.82) is 0 Å². The predicted octanol–water partition coefficient (Wildman–Crippen LogP) is 1.93. The van der Waals surface area contributed by atoms with E-state index >= 15 is 0 Å². The summed E-state index contributed by atoms with van der Waals surface area (Å²) in [6.07, 6.45) is 2.25. The third-order valence-corrected chi connectivity index (χ3v) is 3.50. The normalized spacial score (nSPS) is 17.1. The minimum atomic E-state index is -0.884. The van der Waals surface area contributed by atoms with E-state index in [1.807, 2.05) is 0 Å². The number of aromatic nitrogens is 1. The van der Waals surface area contributed by atoms with Crippen molar-refractivity contribution >= 4 is 22.0 Å². The Kier molecular flexibility index (Phi) is 3.51. The summed E-state index contributed by atoms with van der Waals surface area (Å²) in [5, 5.41) is 8.84. The van der Waals surface area contributed by atoms with Crippen LogP contribution in [0.4, 0.5) is 4.79 Å². The molecule has 1 fully saturated rings. The van der Waals surface area contributed by atoms with Gasteiger partial charge in [0.1, 0.15) is 0 Å². The van der Waals surface area contributed by atoms with Crippen molar-refractivity contribution in [3.05, 3.63) is 33.2 Å². The minimum Gasteiger partial charge on any atom is -0.465 e. The maximum Gasteiger partial charge on any atom is 0.407 e. The van der Waals surface area contributed by atoms with E-state index < -0.39 is 6.09 Å². The highest BCUT2D eigenvalue weighted by molar-refractivity contribution is 9.10. The van der Waals surface area contributed by atoms with E-state index in [1.165, 1.54) is 11.0 Å². The first-order valence-electron chi connectivity index (χ1n) is 5.43. The van der Waals surface area contributed by atoms with E-state index in [0.717, 1.165) is 4.47 Å². The first-order valence-corrected chi connectivity index (χ1v) is 6.23. The highest BCUT2D eigenvalue weighted by Gasteiger charge is 2.23. The molecule has 0 unspecified atom stereocenters. The number of halogens is 1. The van der Waals surface area contributed by atoms with Crippen LogP contribution in [0, 0.1) is 0 Å². The Bertz CT molecular complexity index is 478. The third kappa shape index (κ3) is 2.69. The van der Waals surface area contributed by atoms with Gasteiger partial charge in [-0.1, -0.05) is 0 Å². The fourth-order valence-electron chi connectivity index (χ4n) is 2.10. The van der Waals surface area contributed by atoms with Crippen LogP contribution in [0.2, 0.25) is 0 Å². The third-order valence-electron chi connectivity index (χ3n) is 3.03. The summed E-state index contributed by atoms with van der Waals surface area (Å²) in [6.45, 7) is 0.970. The monoisotopic (exact) mass is 300 g/mol. The van der Waals surface area contributed by atoms with Crippen molar-refractivity contribution in [2.45, 2.75) is 18.9 Å². The number of carboxylic acid groups (broad SMARTS) is 1. The fraction of sp³-hybridized carbons (Fsp3) is 0.455. The molecule has 0 atom stereocenters. The van der Waals surface area contributed by atoms with Crippen molar-refractivity contribution in [1.82, 2.24) is 9.47 Å². The van der Waals surface area contributed by atoms with Crippen LogP contribution in [-0.4, -0.2) is 33.8 Å². The van der Waals surface area contributed by atoms with Gasteiger partial charge >= 0.3 is 6.09 Å². The zero-order valence-electron chi connectivity index (χ0n) is 9.17. The molecule has 17 heavy (non-hydrogen) atoms. The van der Waals surface area contributed by atoms with E-state index in [4.69, 9.17) is 5.11 Å². The Morgan fingerprint density at radius 2 is 2.00 bits per heavy atom. The zero-order valence-corrected chi connectivity index (χ0v) is 10.8. The molecule has 0 saturated carbocycles. The van der Waals surface area contributed by atoms with E-state index in [9.17, 15) is 9.59 Å². The van der Waals surface area contributed by atoms with E-state index in [1.54, 1.807) is 16.8 Å². The Hall–Kier alpha value is -1.30. The molecule has 0 bridgehead atoms. The molecule has 1 aliphatic rings. The maximum atomic E-state index is 11.7. The summed E-state index contributed by atoms with van der Waals surface area (Å²) in [6, 6.07) is 3.33. The van der Waals surface area contributed by atoms with Crippen molar-refractivity contribution in [3.63, 3.8) is 0 Å². The van der Waals surface area contributed by atoms with Gasteiger partial charge in [-0.05, 0) is 34.8 Å². The standard InChI is InChI=1S/C11H13BrN2O3/c12-8-1-2-10(15)14(7-8)9-3-5-13(6-4-9)11(16)17/h1-2,7,9H,3-6H2,(H,16,17). The van der Waals surface area contributed by atoms with Gasteiger partial charge in [0.05, 0.1) is 0 Å². The Morgan fingerprint density at radius 1 is 1.35 bits per heavy atom. The van der Waals surface area contributed by atoms with Crippen LogP contribution < -0.4 is 5.56 Å². The Labute approximate surface area is 107 Å². The van der Waals surface area contributed by atoms with Gasteiger partial charge in [-0.25, -0.2) is 4.79 Å². The molecule has 1 aliphatic heterocycles. The molecule has 1 amide bonds. The topological polar surface area (TPSA) is 62.5 Å². The number of hydrogen-bond acceptors (Lipinski definition) is 2. The summed E-state index contributed by atoms with van der Waals surface area (Å²) in [5.41, 5.74) is -0.0398. The largest absolute Gasteiger partial charge is 0.465 e. The molecule has 1 N–H and O–H groups in total. The Morgan fingerprint density at radius 3 is 2.59 bits per heavy atom. The van der Waals surface area contributed by atoms with Gasteiger partial charge in [-0.15, -0.1) is 0 Å². The van der Waals surface area contributed by atoms with Crippen LogP contribution in [0.3, 0.4) is 0 Å². The molecule has 5 nitrogen and oxygen atoms in total. The van der Waals surface area contributed by atoms with Crippen LogP contribution in [0.5, 0.6) is 0 Å². The van der Waals surface area contributed by atoms with Gasteiger partial charge in [0.2, 0.25) is 0 Å². The maximum absolute atomic E-state index is 11.7. The van der Waals surface area contributed by atoms with Crippen LogP contribution in [0.1, 0.15) is 18.9 Å². The number of hydrogen-bond donors (Lipinski definition) is 1. The summed E-state index contributed by atoms with van der Waals surface area (Å²) in [7, 11) is 0. The average Bonchev–Trinajstić information content (AvgIpc) is 2.32. The van der Waals surface area contributed by atoms with Gasteiger partial charge in [0.25, 0.3) is 5.56 Å². The molecule has 0 spiro atoms. The van der Waals surface area contributed by atoms with Crippen molar-refractivity contribution in [2.24, 2.45) is 0 Å². The van der Waals surface area contributed by atoms with Crippen LogP contribution >= 0.6 is 15.9 Å². The van der Waals surface area contributed by atoms with Crippen LogP contribution in [-0.2, 0) is 0 Å². The Balaban J connectivity index is 2.13. The fourth-order valence-corrected chi connectivity index (χ4v) is 2.45. The van der Waals surface area contributed by atoms with E-state index in [2.05, 4.69) is 15.9 Å². The quantitative estimate of drug-likeness (QED) is 0.862. The van der Waals surface area contributed by atoms with Crippen LogP contribution in [0.25, 0.3) is 0 Å². The molecule has 92 valence electrons. The molecule has 1 saturated heterocycles. The van der Waals surface area contributed by atoms with Crippen molar-refractivity contribution < 1.29 is 9.90 Å². The van der Waals surface area contributed by atoms with Gasteiger partial charge in [0.15, 0.2) is 0 Å². The molecule has 2 heterocycles. The minimum absolute atomic E-state index is 0.0398. The first-order chi connectivity index (χ1) is 8.08. The lowest BCUT2D eigenvalue weighted by Crippen LogP contribution is -2.39. The van der Waals surface area contributed by atoms with Gasteiger partial charge in [-0.2, -0.15) is 0 Å². The van der Waals surface area contributed by atoms with Crippen LogP contribution in [0.15, 0.2) is 27.6 Å². The highest BCUT2D eigenvalue weighted by Crippen LogP contribution is 2.22. The molecule has 0 aromatic carbocycles. The smallest absolute Gasteiger partial charge is 0.407 e. The first kappa shape index (κ1) is 12.2. The number of amides is 1. The van der Waals surface area contributed by atoms with Crippen molar-refractivity contribution in [3.8, 4) is 0 Å². The van der Waals surface area contributed by atoms with Gasteiger partial charge in [0, 0.05) is 35.9 Å². The highest BCUT2D eigenvalue weighted by atomic mass is 79.9. The lowest BCUT2D eigenvalue weighted by molar-refractivity contribution is 0.125. The molecule has 2 rings (SSSR count). The number of rotatable bonds is 1. The number of likely N-dealkylation sites (tertiary alicyclic amines) is 1. The number of piperidine rings is 1. The van der Waals surface area contributed by atoms with E-state index in [0.29, 0.717) is 25.9 Å². The number of carbonyl (C=O) groups is 1. The summed E-state index contributed by atoms with van der Waals surface area (Å²) >= 11 is 3.33. The second kappa shape index (κ2) is 4.91. The molecule has 0 aliphatic carbocycles. The summed E-state index contributed by atoms with van der Waals surface area (Å²) in [4.78, 5) is 23.9. The summed E-state index contributed by atoms with van der Waals surface area (Å²) < 4.78 is 2.54. The lowest BCUT2D eigenvalue weighted by Gasteiger charge is -2.31. The molecule has 0 radical (unpaired) electrons. The second-order valence-corrected chi connectivity index (χ2v) is 5.01. The van der Waals surface area contributed by atoms with Crippen molar-refractivity contribution in [2.75, 3.05) is 13.1 Å². The molecular weight excluding hydrogens is 288 g/mol. The second-order valence-electron chi connectivity index (χ2n) is 4.09. The molecule has 6 heteroatoms. The number of nitrogens with zero attached hydrogens (tertiary/aromatic N) is 2. The number of pyridine rings is 1. The molecule has 1 aromatic rings. The average molecular weight is 301 g/mol. The lowest BCUT2D eigenvalue weighted by atomic mass is 10.1. The van der Waals surface area contributed by atoms with E-state index in [-0.39, 0.29) is 11.6 Å². The summed E-state index contributed by atoms with van der Waals surface area (Å²) in [5.74, 6) is 0. The molecular formula is C11H13BrN2O3. The zero-order chi connectivity index (χ0) is 12.4. The molecule has 1 aromatic heterocycles. The van der Waals surface area contributed by atoms with Gasteiger partial charge < -0.3 is 14.6 Å². The van der Waals surface area contributed by atoms with Gasteiger partial charge in [-0.3, -0.25) is 4.79 Å².